The maximum atomic E-state index is 12.8. The summed E-state index contributed by atoms with van der Waals surface area (Å²) in [6.07, 6.45) is 2.15. The topological polar surface area (TPSA) is 59.8 Å². The number of carbonyl (C=O) groups is 1. The fourth-order valence-electron chi connectivity index (χ4n) is 2.96. The summed E-state index contributed by atoms with van der Waals surface area (Å²) < 4.78 is 1.81. The molecular formula is C20H20N4O. The molecule has 0 radical (unpaired) electrons. The summed E-state index contributed by atoms with van der Waals surface area (Å²) in [6, 6.07) is 15.9. The minimum atomic E-state index is -0.203. The number of rotatable bonds is 4. The molecule has 1 fully saturated rings. The van der Waals surface area contributed by atoms with Crippen molar-refractivity contribution in [3.8, 4) is 5.69 Å². The minimum Gasteiger partial charge on any atom is -0.321 e. The third kappa shape index (κ3) is 3.18. The summed E-state index contributed by atoms with van der Waals surface area (Å²) in [5, 5.41) is 11.4. The first-order valence-corrected chi connectivity index (χ1v) is 8.52. The number of aryl methyl sites for hydroxylation is 2. The van der Waals surface area contributed by atoms with E-state index in [1.807, 2.05) is 67.1 Å². The second-order valence-electron chi connectivity index (χ2n) is 6.67. The average molecular weight is 332 g/mol. The summed E-state index contributed by atoms with van der Waals surface area (Å²) in [7, 11) is 0. The Morgan fingerprint density at radius 1 is 1.08 bits per heavy atom. The predicted octanol–water partition coefficient (Wildman–Crippen LogP) is 4.01. The Labute approximate surface area is 146 Å². The van der Waals surface area contributed by atoms with Crippen LogP contribution in [0.25, 0.3) is 5.69 Å². The van der Waals surface area contributed by atoms with Crippen LogP contribution in [0.3, 0.4) is 0 Å². The van der Waals surface area contributed by atoms with Gasteiger partial charge < -0.3 is 5.32 Å². The van der Waals surface area contributed by atoms with Gasteiger partial charge in [-0.25, -0.2) is 4.68 Å². The fraction of sp³-hybridized carbons (Fsp3) is 0.250. The Bertz CT molecular complexity index is 923. The molecule has 1 aliphatic carbocycles. The molecule has 4 rings (SSSR count). The van der Waals surface area contributed by atoms with Crippen molar-refractivity contribution in [1.29, 1.82) is 0 Å². The third-order valence-corrected chi connectivity index (χ3v) is 4.44. The van der Waals surface area contributed by atoms with Gasteiger partial charge in [0.25, 0.3) is 5.91 Å². The molecule has 3 aromatic rings. The molecule has 0 saturated heterocycles. The van der Waals surface area contributed by atoms with Crippen molar-refractivity contribution in [3.05, 3.63) is 71.0 Å². The Balaban J connectivity index is 1.68. The molecule has 1 amide bonds. The highest BCUT2D eigenvalue weighted by Crippen LogP contribution is 2.42. The number of nitrogens with one attached hydrogen (secondary N) is 1. The number of nitrogens with zero attached hydrogens (tertiary/aromatic N) is 3. The lowest BCUT2D eigenvalue weighted by atomic mass is 10.1. The quantitative estimate of drug-likeness (QED) is 0.785. The van der Waals surface area contributed by atoms with Crippen LogP contribution in [0.1, 0.15) is 46.1 Å². The standard InChI is InChI=1S/C20H20N4O/c1-13-6-10-17(11-7-13)24-19(15-8-9-15)18(22-23-24)20(25)21-16-5-3-4-14(2)12-16/h3-7,10-12,15H,8-9H2,1-2H3,(H,21,25). The van der Waals surface area contributed by atoms with Gasteiger partial charge in [0.2, 0.25) is 0 Å². The van der Waals surface area contributed by atoms with Gasteiger partial charge in [-0.15, -0.1) is 5.10 Å². The summed E-state index contributed by atoms with van der Waals surface area (Å²) in [5.41, 5.74) is 5.34. The highest BCUT2D eigenvalue weighted by molar-refractivity contribution is 6.03. The van der Waals surface area contributed by atoms with E-state index in [1.165, 1.54) is 5.56 Å². The molecular weight excluding hydrogens is 312 g/mol. The van der Waals surface area contributed by atoms with Crippen LogP contribution < -0.4 is 5.32 Å². The smallest absolute Gasteiger partial charge is 0.278 e. The molecule has 0 aliphatic heterocycles. The molecule has 1 heterocycles. The monoisotopic (exact) mass is 332 g/mol. The second kappa shape index (κ2) is 6.16. The Morgan fingerprint density at radius 2 is 1.84 bits per heavy atom. The molecule has 0 atom stereocenters. The Morgan fingerprint density at radius 3 is 2.52 bits per heavy atom. The molecule has 25 heavy (non-hydrogen) atoms. The summed E-state index contributed by atoms with van der Waals surface area (Å²) in [6.45, 7) is 4.05. The van der Waals surface area contributed by atoms with Crippen LogP contribution >= 0.6 is 0 Å². The molecule has 126 valence electrons. The van der Waals surface area contributed by atoms with Crippen molar-refractivity contribution in [1.82, 2.24) is 15.0 Å². The van der Waals surface area contributed by atoms with Crippen LogP contribution in [-0.4, -0.2) is 20.9 Å². The molecule has 0 spiro atoms. The lowest BCUT2D eigenvalue weighted by Gasteiger charge is -2.08. The van der Waals surface area contributed by atoms with Crippen molar-refractivity contribution in [2.75, 3.05) is 5.32 Å². The number of amides is 1. The van der Waals surface area contributed by atoms with Gasteiger partial charge in [-0.05, 0) is 56.5 Å². The lowest BCUT2D eigenvalue weighted by Crippen LogP contribution is -2.15. The molecule has 5 heteroatoms. The van der Waals surface area contributed by atoms with E-state index < -0.39 is 0 Å². The van der Waals surface area contributed by atoms with Crippen LogP contribution in [0.15, 0.2) is 48.5 Å². The van der Waals surface area contributed by atoms with E-state index in [1.54, 1.807) is 0 Å². The van der Waals surface area contributed by atoms with E-state index in [4.69, 9.17) is 0 Å². The van der Waals surface area contributed by atoms with E-state index in [-0.39, 0.29) is 5.91 Å². The maximum absolute atomic E-state index is 12.8. The number of benzene rings is 2. The fourth-order valence-corrected chi connectivity index (χ4v) is 2.96. The van der Waals surface area contributed by atoms with Gasteiger partial charge in [-0.3, -0.25) is 4.79 Å². The highest BCUT2D eigenvalue weighted by atomic mass is 16.2. The number of hydrogen-bond donors (Lipinski definition) is 1. The SMILES string of the molecule is Cc1ccc(-n2nnc(C(=O)Nc3cccc(C)c3)c2C2CC2)cc1. The van der Waals surface area contributed by atoms with Crippen LogP contribution in [0.2, 0.25) is 0 Å². The molecule has 1 saturated carbocycles. The number of carbonyl (C=O) groups excluding carboxylic acids is 1. The molecule has 1 N–H and O–H groups in total. The number of anilines is 1. The van der Waals surface area contributed by atoms with Crippen LogP contribution in [0.4, 0.5) is 5.69 Å². The molecule has 1 aliphatic rings. The molecule has 5 nitrogen and oxygen atoms in total. The van der Waals surface area contributed by atoms with Gasteiger partial charge >= 0.3 is 0 Å². The van der Waals surface area contributed by atoms with E-state index in [9.17, 15) is 4.79 Å². The van der Waals surface area contributed by atoms with Gasteiger partial charge in [0.15, 0.2) is 5.69 Å². The molecule has 1 aromatic heterocycles. The van der Waals surface area contributed by atoms with E-state index in [0.717, 1.165) is 35.5 Å². The Kier molecular flexibility index (Phi) is 3.84. The Hall–Kier alpha value is -2.95. The summed E-state index contributed by atoms with van der Waals surface area (Å²) >= 11 is 0. The van der Waals surface area contributed by atoms with Crippen LogP contribution in [0.5, 0.6) is 0 Å². The van der Waals surface area contributed by atoms with Crippen molar-refractivity contribution in [2.45, 2.75) is 32.6 Å². The van der Waals surface area contributed by atoms with Gasteiger partial charge in [0.1, 0.15) is 0 Å². The van der Waals surface area contributed by atoms with Crippen molar-refractivity contribution in [2.24, 2.45) is 0 Å². The zero-order valence-corrected chi connectivity index (χ0v) is 14.4. The first-order valence-electron chi connectivity index (χ1n) is 8.52. The van der Waals surface area contributed by atoms with Gasteiger partial charge in [0, 0.05) is 11.6 Å². The van der Waals surface area contributed by atoms with Crippen molar-refractivity contribution in [3.63, 3.8) is 0 Å². The first-order chi connectivity index (χ1) is 12.1. The third-order valence-electron chi connectivity index (χ3n) is 4.44. The second-order valence-corrected chi connectivity index (χ2v) is 6.67. The maximum Gasteiger partial charge on any atom is 0.278 e. The zero-order valence-electron chi connectivity index (χ0n) is 14.4. The van der Waals surface area contributed by atoms with Crippen LogP contribution in [0, 0.1) is 13.8 Å². The zero-order chi connectivity index (χ0) is 17.4. The molecule has 0 bridgehead atoms. The molecule has 2 aromatic carbocycles. The summed E-state index contributed by atoms with van der Waals surface area (Å²) in [5.74, 6) is 0.153. The lowest BCUT2D eigenvalue weighted by molar-refractivity contribution is 0.102. The number of aromatic nitrogens is 3. The van der Waals surface area contributed by atoms with Crippen LogP contribution in [-0.2, 0) is 0 Å². The van der Waals surface area contributed by atoms with E-state index in [0.29, 0.717) is 11.6 Å². The minimum absolute atomic E-state index is 0.203. The largest absolute Gasteiger partial charge is 0.321 e. The normalized spacial score (nSPS) is 13.7. The van der Waals surface area contributed by atoms with Gasteiger partial charge in [0.05, 0.1) is 11.4 Å². The van der Waals surface area contributed by atoms with Crippen molar-refractivity contribution >= 4 is 11.6 Å². The molecule has 0 unspecified atom stereocenters. The summed E-state index contributed by atoms with van der Waals surface area (Å²) in [4.78, 5) is 12.8. The van der Waals surface area contributed by atoms with Gasteiger partial charge in [-0.2, -0.15) is 0 Å². The number of hydrogen-bond acceptors (Lipinski definition) is 3. The first kappa shape index (κ1) is 15.6. The average Bonchev–Trinajstić information content (AvgIpc) is 3.34. The highest BCUT2D eigenvalue weighted by Gasteiger charge is 2.34. The van der Waals surface area contributed by atoms with Gasteiger partial charge in [-0.1, -0.05) is 35.0 Å². The van der Waals surface area contributed by atoms with E-state index in [2.05, 4.69) is 15.6 Å². The van der Waals surface area contributed by atoms with Crippen molar-refractivity contribution < 1.29 is 4.79 Å². The predicted molar refractivity (Wildman–Crippen MR) is 97.2 cm³/mol. The van der Waals surface area contributed by atoms with E-state index >= 15 is 0 Å².